The third-order valence-electron chi connectivity index (χ3n) is 4.35. The van der Waals surface area contributed by atoms with Gasteiger partial charge in [-0.1, -0.05) is 49.4 Å². The number of nitro groups is 1. The summed E-state index contributed by atoms with van der Waals surface area (Å²) in [4.78, 5) is 22.7. The van der Waals surface area contributed by atoms with Crippen molar-refractivity contribution in [1.29, 1.82) is 0 Å². The van der Waals surface area contributed by atoms with Gasteiger partial charge in [0, 0.05) is 17.7 Å². The van der Waals surface area contributed by atoms with E-state index in [0.717, 1.165) is 5.56 Å². The molecule has 1 unspecified atom stereocenters. The highest BCUT2D eigenvalue weighted by Crippen LogP contribution is 2.37. The second kappa shape index (κ2) is 8.34. The Hall–Kier alpha value is -3.68. The molecular formula is C20H19N3O5. The Kier molecular flexibility index (Phi) is 5.69. The molecular weight excluding hydrogens is 362 g/mol. The molecule has 1 atom stereocenters. The van der Waals surface area contributed by atoms with Crippen LogP contribution in [0.5, 0.6) is 0 Å². The molecule has 0 saturated carbocycles. The van der Waals surface area contributed by atoms with Crippen molar-refractivity contribution in [3.63, 3.8) is 0 Å². The van der Waals surface area contributed by atoms with Crippen LogP contribution in [0, 0.1) is 10.1 Å². The first kappa shape index (κ1) is 19.1. The van der Waals surface area contributed by atoms with E-state index in [9.17, 15) is 14.9 Å². The summed E-state index contributed by atoms with van der Waals surface area (Å²) in [5, 5.41) is 15.7. The third kappa shape index (κ3) is 3.85. The smallest absolute Gasteiger partial charge is 0.437 e. The largest absolute Gasteiger partial charge is 0.513 e. The molecule has 144 valence electrons. The number of nitro benzene ring substituents is 1. The Bertz CT molecular complexity index is 953. The molecule has 0 radical (unpaired) electrons. The number of nitrogens with zero attached hydrogens (tertiary/aromatic N) is 2. The lowest BCUT2D eigenvalue weighted by Crippen LogP contribution is -2.28. The van der Waals surface area contributed by atoms with Crippen LogP contribution >= 0.6 is 0 Å². The van der Waals surface area contributed by atoms with Gasteiger partial charge >= 0.3 is 6.16 Å². The molecule has 1 aliphatic heterocycles. The quantitative estimate of drug-likeness (QED) is 0.473. The van der Waals surface area contributed by atoms with E-state index in [1.165, 1.54) is 19.2 Å². The van der Waals surface area contributed by atoms with E-state index in [2.05, 4.69) is 15.3 Å². The summed E-state index contributed by atoms with van der Waals surface area (Å²) < 4.78 is 10.2. The van der Waals surface area contributed by atoms with Gasteiger partial charge < -0.3 is 9.47 Å². The Morgan fingerprint density at radius 3 is 2.61 bits per heavy atom. The highest BCUT2D eigenvalue weighted by atomic mass is 16.7. The number of hydrogen-bond donors (Lipinski definition) is 1. The molecule has 0 saturated heterocycles. The number of allylic oxidation sites excluding steroid dienone is 1. The van der Waals surface area contributed by atoms with Crippen molar-refractivity contribution in [1.82, 2.24) is 5.43 Å². The predicted octanol–water partition coefficient (Wildman–Crippen LogP) is 4.20. The van der Waals surface area contributed by atoms with Crippen LogP contribution in [0.4, 0.5) is 10.5 Å². The number of ether oxygens (including phenoxy) is 2. The zero-order valence-electron chi connectivity index (χ0n) is 15.4. The fraction of sp³-hybridized carbons (Fsp3) is 0.200. The third-order valence-corrected chi connectivity index (χ3v) is 4.35. The lowest BCUT2D eigenvalue weighted by molar-refractivity contribution is -0.384. The molecule has 1 heterocycles. The molecule has 0 fully saturated rings. The van der Waals surface area contributed by atoms with Crippen molar-refractivity contribution in [2.75, 3.05) is 7.11 Å². The number of methoxy groups -OCH3 is 1. The van der Waals surface area contributed by atoms with Gasteiger partial charge in [-0.25, -0.2) is 4.79 Å². The molecule has 3 rings (SSSR count). The Morgan fingerprint density at radius 1 is 1.21 bits per heavy atom. The summed E-state index contributed by atoms with van der Waals surface area (Å²) in [6, 6.07) is 15.5. The number of hydrazone groups is 1. The van der Waals surface area contributed by atoms with E-state index in [0.29, 0.717) is 23.4 Å². The van der Waals surface area contributed by atoms with Crippen molar-refractivity contribution in [3.8, 4) is 0 Å². The molecule has 8 heteroatoms. The number of nitrogens with one attached hydrogen (secondary N) is 1. The predicted molar refractivity (Wildman–Crippen MR) is 104 cm³/mol. The van der Waals surface area contributed by atoms with E-state index in [-0.39, 0.29) is 11.4 Å². The average Bonchev–Trinajstić information content (AvgIpc) is 2.73. The first-order chi connectivity index (χ1) is 13.5. The minimum absolute atomic E-state index is 0.0508. The zero-order chi connectivity index (χ0) is 20.1. The summed E-state index contributed by atoms with van der Waals surface area (Å²) in [5.41, 5.74) is 5.44. The summed E-state index contributed by atoms with van der Waals surface area (Å²) in [6.07, 6.45) is -0.325. The van der Waals surface area contributed by atoms with Crippen LogP contribution in [0.15, 0.2) is 65.5 Å². The molecule has 1 aliphatic rings. The molecule has 1 N–H and O–H groups in total. The van der Waals surface area contributed by atoms with Crippen LogP contribution in [0.25, 0.3) is 5.70 Å². The van der Waals surface area contributed by atoms with E-state index in [1.807, 2.05) is 37.3 Å². The standard InChI is InChI=1S/C20H19N3O5/c1-3-16-17(14-10-7-11-15(12-14)23(25)26)19(28-20(24)27-2)18(22-21-16)13-8-5-4-6-9-13/h4-12,17,22H,3H2,1-2H3. The van der Waals surface area contributed by atoms with Crippen LogP contribution in [0.1, 0.15) is 30.4 Å². The molecule has 28 heavy (non-hydrogen) atoms. The highest BCUT2D eigenvalue weighted by molar-refractivity contribution is 5.97. The second-order valence-corrected chi connectivity index (χ2v) is 6.02. The Morgan fingerprint density at radius 2 is 1.96 bits per heavy atom. The minimum atomic E-state index is -0.877. The van der Waals surface area contributed by atoms with Crippen LogP contribution in [0.2, 0.25) is 0 Å². The number of carbonyl (C=O) groups is 1. The number of rotatable bonds is 5. The first-order valence-electron chi connectivity index (χ1n) is 8.67. The summed E-state index contributed by atoms with van der Waals surface area (Å²) in [5.74, 6) is -0.286. The van der Waals surface area contributed by atoms with Crippen molar-refractivity contribution in [2.45, 2.75) is 19.3 Å². The number of carbonyl (C=O) groups excluding carboxylic acids is 1. The summed E-state index contributed by atoms with van der Waals surface area (Å²) in [6.45, 7) is 1.91. The molecule has 0 aliphatic carbocycles. The fourth-order valence-electron chi connectivity index (χ4n) is 3.04. The maximum atomic E-state index is 11.9. The van der Waals surface area contributed by atoms with Gasteiger partial charge in [0.05, 0.1) is 23.7 Å². The SMILES string of the molecule is CCC1=NNC(c2ccccc2)=C(OC(=O)OC)C1c1cccc([N+](=O)[O-])c1. The van der Waals surface area contributed by atoms with Gasteiger partial charge in [-0.3, -0.25) is 15.5 Å². The van der Waals surface area contributed by atoms with Gasteiger partial charge in [0.25, 0.3) is 5.69 Å². The average molecular weight is 381 g/mol. The second-order valence-electron chi connectivity index (χ2n) is 6.02. The van der Waals surface area contributed by atoms with Crippen LogP contribution in [-0.2, 0) is 9.47 Å². The van der Waals surface area contributed by atoms with Gasteiger partial charge in [-0.15, -0.1) is 0 Å². The number of benzene rings is 2. The molecule has 0 amide bonds. The summed E-state index contributed by atoms with van der Waals surface area (Å²) >= 11 is 0. The van der Waals surface area contributed by atoms with Gasteiger partial charge in [-0.2, -0.15) is 5.10 Å². The lowest BCUT2D eigenvalue weighted by atomic mass is 9.87. The van der Waals surface area contributed by atoms with E-state index in [1.54, 1.807) is 12.1 Å². The Balaban J connectivity index is 2.18. The van der Waals surface area contributed by atoms with E-state index < -0.39 is 17.0 Å². The van der Waals surface area contributed by atoms with E-state index >= 15 is 0 Å². The van der Waals surface area contributed by atoms with Gasteiger partial charge in [0.15, 0.2) is 0 Å². The molecule has 0 spiro atoms. The van der Waals surface area contributed by atoms with Gasteiger partial charge in [0.1, 0.15) is 11.5 Å². The van der Waals surface area contributed by atoms with Crippen molar-refractivity contribution < 1.29 is 19.2 Å². The molecule has 2 aromatic carbocycles. The topological polar surface area (TPSA) is 103 Å². The van der Waals surface area contributed by atoms with E-state index in [4.69, 9.17) is 4.74 Å². The van der Waals surface area contributed by atoms with Crippen molar-refractivity contribution in [3.05, 3.63) is 81.6 Å². The first-order valence-corrected chi connectivity index (χ1v) is 8.67. The lowest BCUT2D eigenvalue weighted by Gasteiger charge is -2.28. The van der Waals surface area contributed by atoms with Gasteiger partial charge in [-0.05, 0) is 12.0 Å². The highest BCUT2D eigenvalue weighted by Gasteiger charge is 2.33. The van der Waals surface area contributed by atoms with Crippen molar-refractivity contribution >= 4 is 23.3 Å². The molecule has 2 aromatic rings. The fourth-order valence-corrected chi connectivity index (χ4v) is 3.04. The monoisotopic (exact) mass is 381 g/mol. The Labute approximate surface area is 161 Å². The molecule has 0 aromatic heterocycles. The number of non-ortho nitro benzene ring substituents is 1. The van der Waals surface area contributed by atoms with Crippen LogP contribution in [-0.4, -0.2) is 23.9 Å². The normalized spacial score (nSPS) is 16.1. The maximum absolute atomic E-state index is 11.9. The maximum Gasteiger partial charge on any atom is 0.513 e. The molecule has 0 bridgehead atoms. The van der Waals surface area contributed by atoms with Crippen LogP contribution < -0.4 is 5.43 Å². The van der Waals surface area contributed by atoms with Crippen molar-refractivity contribution in [2.24, 2.45) is 5.10 Å². The molecule has 8 nitrogen and oxygen atoms in total. The zero-order valence-corrected chi connectivity index (χ0v) is 15.4. The number of hydrogen-bond acceptors (Lipinski definition) is 7. The van der Waals surface area contributed by atoms with Gasteiger partial charge in [0.2, 0.25) is 0 Å². The minimum Gasteiger partial charge on any atom is -0.437 e. The summed E-state index contributed by atoms with van der Waals surface area (Å²) in [7, 11) is 1.22. The van der Waals surface area contributed by atoms with Crippen LogP contribution in [0.3, 0.4) is 0 Å².